The number of rotatable bonds is 6. The third kappa shape index (κ3) is 5.85. The molecule has 0 spiro atoms. The van der Waals surface area contributed by atoms with Gasteiger partial charge in [-0.05, 0) is 61.8 Å². The fraction of sp³-hybridized carbons (Fsp3) is 0.400. The quantitative estimate of drug-likeness (QED) is 0.642. The van der Waals surface area contributed by atoms with Gasteiger partial charge in [0.2, 0.25) is 0 Å². The predicted molar refractivity (Wildman–Crippen MR) is 119 cm³/mol. The Bertz CT molecular complexity index is 841. The van der Waals surface area contributed by atoms with Crippen molar-refractivity contribution in [2.24, 2.45) is 5.73 Å². The Morgan fingerprint density at radius 3 is 2.66 bits per heavy atom. The van der Waals surface area contributed by atoms with E-state index in [0.29, 0.717) is 10.6 Å². The van der Waals surface area contributed by atoms with E-state index < -0.39 is 6.03 Å². The summed E-state index contributed by atoms with van der Waals surface area (Å²) in [5.74, 6) is 0.564. The van der Waals surface area contributed by atoms with Crippen LogP contribution in [0.25, 0.3) is 10.4 Å². The lowest BCUT2D eigenvalue weighted by Gasteiger charge is -2.32. The number of likely N-dealkylation sites (N-methyl/N-ethyl adjacent to an activating group) is 1. The van der Waals surface area contributed by atoms with Crippen molar-refractivity contribution in [1.29, 1.82) is 0 Å². The van der Waals surface area contributed by atoms with E-state index in [1.165, 1.54) is 11.3 Å². The van der Waals surface area contributed by atoms with Gasteiger partial charge in [0.15, 0.2) is 0 Å². The lowest BCUT2D eigenvalue weighted by atomic mass is 10.1. The van der Waals surface area contributed by atoms with Gasteiger partial charge in [-0.1, -0.05) is 6.92 Å². The molecule has 29 heavy (non-hydrogen) atoms. The molecule has 1 aromatic carbocycles. The number of methoxy groups -OCH3 is 1. The Labute approximate surface area is 181 Å². The van der Waals surface area contributed by atoms with E-state index in [0.717, 1.165) is 48.7 Å². The molecule has 1 aliphatic heterocycles. The minimum absolute atomic E-state index is 0. The summed E-state index contributed by atoms with van der Waals surface area (Å²) in [5.41, 5.74) is 6.67. The van der Waals surface area contributed by atoms with Crippen molar-refractivity contribution in [3.8, 4) is 16.2 Å². The molecule has 7 nitrogen and oxygen atoms in total. The average molecular weight is 439 g/mol. The number of likely N-dealkylation sites (tertiary alicyclic amines) is 1. The smallest absolute Gasteiger partial charge is 0.317 e. The largest absolute Gasteiger partial charge is 0.497 e. The number of nitrogens with two attached hydrogens (primary N) is 1. The number of hydrogen-bond acceptors (Lipinski definition) is 5. The molecule has 0 aliphatic carbocycles. The topological polar surface area (TPSA) is 96.7 Å². The molecule has 158 valence electrons. The summed E-state index contributed by atoms with van der Waals surface area (Å²) in [4.78, 5) is 27.5. The second kappa shape index (κ2) is 10.5. The van der Waals surface area contributed by atoms with Crippen LogP contribution in [0.5, 0.6) is 5.75 Å². The molecule has 1 saturated heterocycles. The molecule has 2 heterocycles. The van der Waals surface area contributed by atoms with Gasteiger partial charge in [0.1, 0.15) is 10.8 Å². The summed E-state index contributed by atoms with van der Waals surface area (Å²) < 4.78 is 5.19. The van der Waals surface area contributed by atoms with E-state index in [-0.39, 0.29) is 24.4 Å². The number of halogens is 1. The maximum atomic E-state index is 12.9. The van der Waals surface area contributed by atoms with Gasteiger partial charge < -0.3 is 20.7 Å². The number of carbonyl (C=O) groups excluding carboxylic acids is 2. The van der Waals surface area contributed by atoms with Crippen molar-refractivity contribution < 1.29 is 14.3 Å². The van der Waals surface area contributed by atoms with Crippen LogP contribution in [-0.4, -0.2) is 49.6 Å². The van der Waals surface area contributed by atoms with E-state index in [1.54, 1.807) is 13.2 Å². The Morgan fingerprint density at radius 2 is 2.03 bits per heavy atom. The van der Waals surface area contributed by atoms with Crippen LogP contribution in [0.3, 0.4) is 0 Å². The third-order valence-electron chi connectivity index (χ3n) is 4.88. The zero-order valence-corrected chi connectivity index (χ0v) is 18.2. The van der Waals surface area contributed by atoms with Crippen LogP contribution in [0, 0.1) is 0 Å². The number of benzene rings is 1. The van der Waals surface area contributed by atoms with Crippen LogP contribution in [0.4, 0.5) is 9.80 Å². The van der Waals surface area contributed by atoms with E-state index in [2.05, 4.69) is 22.5 Å². The zero-order valence-electron chi connectivity index (χ0n) is 16.6. The summed E-state index contributed by atoms with van der Waals surface area (Å²) >= 11 is 1.33. The first-order valence-electron chi connectivity index (χ1n) is 9.38. The number of ether oxygens (including phenoxy) is 1. The molecule has 1 aromatic heterocycles. The molecule has 0 bridgehead atoms. The predicted octanol–water partition coefficient (Wildman–Crippen LogP) is 3.55. The highest BCUT2D eigenvalue weighted by atomic mass is 35.5. The monoisotopic (exact) mass is 438 g/mol. The molecule has 2 aromatic rings. The molecule has 0 saturated carbocycles. The molecule has 1 unspecified atom stereocenters. The molecule has 0 radical (unpaired) electrons. The van der Waals surface area contributed by atoms with Gasteiger partial charge in [-0.2, -0.15) is 0 Å². The molecule has 1 aliphatic rings. The highest BCUT2D eigenvalue weighted by molar-refractivity contribution is 7.20. The van der Waals surface area contributed by atoms with Crippen LogP contribution < -0.4 is 21.1 Å². The summed E-state index contributed by atoms with van der Waals surface area (Å²) in [6.45, 7) is 5.01. The van der Waals surface area contributed by atoms with Crippen molar-refractivity contribution in [1.82, 2.24) is 10.2 Å². The maximum absolute atomic E-state index is 12.9. The Kier molecular flexibility index (Phi) is 8.31. The van der Waals surface area contributed by atoms with Crippen molar-refractivity contribution in [3.63, 3.8) is 0 Å². The second-order valence-corrected chi connectivity index (χ2v) is 7.83. The Hall–Kier alpha value is -2.29. The van der Waals surface area contributed by atoms with Crippen molar-refractivity contribution in [3.05, 3.63) is 35.9 Å². The highest BCUT2D eigenvalue weighted by Gasteiger charge is 2.24. The molecule has 3 amide bonds. The molecule has 1 atom stereocenters. The summed E-state index contributed by atoms with van der Waals surface area (Å²) in [7, 11) is 1.61. The van der Waals surface area contributed by atoms with Gasteiger partial charge in [0.05, 0.1) is 12.7 Å². The summed E-state index contributed by atoms with van der Waals surface area (Å²) in [6, 6.07) is 8.77. The number of urea groups is 1. The van der Waals surface area contributed by atoms with Gasteiger partial charge in [0, 0.05) is 17.5 Å². The van der Waals surface area contributed by atoms with Crippen LogP contribution in [0.2, 0.25) is 0 Å². The van der Waals surface area contributed by atoms with Crippen molar-refractivity contribution >= 4 is 40.7 Å². The van der Waals surface area contributed by atoms with E-state index >= 15 is 0 Å². The first kappa shape index (κ1) is 23.0. The fourth-order valence-corrected chi connectivity index (χ4v) is 4.45. The van der Waals surface area contributed by atoms with Crippen LogP contribution in [0.15, 0.2) is 30.3 Å². The number of carbonyl (C=O) groups is 2. The van der Waals surface area contributed by atoms with Crippen molar-refractivity contribution in [2.45, 2.75) is 25.8 Å². The Morgan fingerprint density at radius 1 is 1.31 bits per heavy atom. The second-order valence-electron chi connectivity index (χ2n) is 6.78. The molecule has 1 fully saturated rings. The number of anilines is 1. The molecular formula is C20H27ClN4O3S. The summed E-state index contributed by atoms with van der Waals surface area (Å²) in [6.07, 6.45) is 2.02. The summed E-state index contributed by atoms with van der Waals surface area (Å²) in [5, 5.41) is 6.15. The third-order valence-corrected chi connectivity index (χ3v) is 5.98. The number of thiophene rings is 1. The van der Waals surface area contributed by atoms with Gasteiger partial charge in [0.25, 0.3) is 5.91 Å². The number of piperidine rings is 1. The molecular weight excluding hydrogens is 412 g/mol. The molecule has 3 rings (SSSR count). The minimum Gasteiger partial charge on any atom is -0.497 e. The Balaban J connectivity index is 0.00000300. The van der Waals surface area contributed by atoms with E-state index in [4.69, 9.17) is 10.5 Å². The first-order valence-corrected chi connectivity index (χ1v) is 10.2. The van der Waals surface area contributed by atoms with Crippen LogP contribution in [0.1, 0.15) is 30.1 Å². The number of hydrogen-bond donors (Lipinski definition) is 3. The zero-order chi connectivity index (χ0) is 20.1. The number of nitrogens with one attached hydrogen (secondary N) is 2. The maximum Gasteiger partial charge on any atom is 0.317 e. The lowest BCUT2D eigenvalue weighted by molar-refractivity contribution is 0.0907. The van der Waals surface area contributed by atoms with E-state index in [1.807, 2.05) is 24.3 Å². The van der Waals surface area contributed by atoms with Gasteiger partial charge in [-0.25, -0.2) is 4.79 Å². The van der Waals surface area contributed by atoms with Crippen molar-refractivity contribution in [2.75, 3.05) is 32.1 Å². The van der Waals surface area contributed by atoms with Crippen LogP contribution in [-0.2, 0) is 0 Å². The normalized spacial score (nSPS) is 16.6. The van der Waals surface area contributed by atoms with E-state index in [9.17, 15) is 9.59 Å². The number of amides is 3. The highest BCUT2D eigenvalue weighted by Crippen LogP contribution is 2.36. The number of nitrogens with zero attached hydrogens (tertiary/aromatic N) is 1. The molecule has 9 heteroatoms. The lowest BCUT2D eigenvalue weighted by Crippen LogP contribution is -2.47. The van der Waals surface area contributed by atoms with Crippen LogP contribution >= 0.6 is 23.7 Å². The van der Waals surface area contributed by atoms with Gasteiger partial charge in [-0.3, -0.25) is 10.1 Å². The standard InChI is InChI=1S/C20H26N4O3S.ClH/c1-3-24-10-4-5-14(12-24)22-18(25)16-11-17(28-19(16)23-20(21)26)13-6-8-15(27-2)9-7-13;/h6-9,11,14H,3-5,10,12H2,1-2H3,(H,22,25)(H3,21,23,26);1H. The van der Waals surface area contributed by atoms with Gasteiger partial charge in [-0.15, -0.1) is 23.7 Å². The molecule has 4 N–H and O–H groups in total. The number of primary amides is 1. The average Bonchev–Trinajstić information content (AvgIpc) is 3.11. The first-order chi connectivity index (χ1) is 13.5. The fourth-order valence-electron chi connectivity index (χ4n) is 3.39. The minimum atomic E-state index is -0.688. The van der Waals surface area contributed by atoms with Gasteiger partial charge >= 0.3 is 6.03 Å². The SMILES string of the molecule is CCN1CCCC(NC(=O)c2cc(-c3ccc(OC)cc3)sc2NC(N)=O)C1.Cl.